The molecule has 0 radical (unpaired) electrons. The minimum Gasteiger partial charge on any atom is -0.227 e. The Hall–Kier alpha value is -4.60. The SMILES string of the molecule is c1ccc(-c2nc(-c3cccc4ccc5sc6ccccc6c5c34)nc3c2ccc2ccccc23)cc1. The molecule has 0 aliphatic carbocycles. The Bertz CT molecular complexity index is 2140. The number of nitrogens with zero attached hydrogens (tertiary/aromatic N) is 2. The highest BCUT2D eigenvalue weighted by Crippen LogP contribution is 2.42. The maximum Gasteiger partial charge on any atom is 0.161 e. The van der Waals surface area contributed by atoms with Crippen LogP contribution < -0.4 is 0 Å². The summed E-state index contributed by atoms with van der Waals surface area (Å²) in [6.45, 7) is 0. The third-order valence-electron chi connectivity index (χ3n) is 7.26. The minimum absolute atomic E-state index is 0.760. The van der Waals surface area contributed by atoms with E-state index in [0.29, 0.717) is 0 Å². The average Bonchev–Trinajstić information content (AvgIpc) is 3.36. The largest absolute Gasteiger partial charge is 0.227 e. The minimum atomic E-state index is 0.760. The fourth-order valence-corrected chi connectivity index (χ4v) is 6.69. The number of fused-ring (bicyclic) bond motifs is 8. The summed E-state index contributed by atoms with van der Waals surface area (Å²) in [4.78, 5) is 10.5. The Kier molecular flexibility index (Phi) is 4.42. The molecule has 0 bridgehead atoms. The van der Waals surface area contributed by atoms with E-state index in [4.69, 9.17) is 9.97 Å². The van der Waals surface area contributed by atoms with E-state index >= 15 is 0 Å². The van der Waals surface area contributed by atoms with Gasteiger partial charge in [-0.15, -0.1) is 11.3 Å². The van der Waals surface area contributed by atoms with E-state index in [1.165, 1.54) is 36.3 Å². The zero-order valence-electron chi connectivity index (χ0n) is 19.8. The van der Waals surface area contributed by atoms with Crippen LogP contribution in [0.2, 0.25) is 0 Å². The van der Waals surface area contributed by atoms with Crippen molar-refractivity contribution in [2.75, 3.05) is 0 Å². The number of hydrogen-bond donors (Lipinski definition) is 0. The van der Waals surface area contributed by atoms with Crippen LogP contribution in [-0.4, -0.2) is 9.97 Å². The fraction of sp³-hybridized carbons (Fsp3) is 0. The molecule has 0 aliphatic heterocycles. The fourth-order valence-electron chi connectivity index (χ4n) is 5.58. The molecule has 6 aromatic carbocycles. The Balaban J connectivity index is 1.55. The number of rotatable bonds is 2. The molecule has 0 amide bonds. The van der Waals surface area contributed by atoms with Gasteiger partial charge in [-0.3, -0.25) is 0 Å². The van der Waals surface area contributed by atoms with Crippen molar-refractivity contribution in [3.05, 3.63) is 121 Å². The number of aromatic nitrogens is 2. The van der Waals surface area contributed by atoms with Gasteiger partial charge >= 0.3 is 0 Å². The van der Waals surface area contributed by atoms with Gasteiger partial charge in [-0.25, -0.2) is 9.97 Å². The molecule has 0 spiro atoms. The lowest BCUT2D eigenvalue weighted by Crippen LogP contribution is -1.96. The summed E-state index contributed by atoms with van der Waals surface area (Å²) in [6.07, 6.45) is 0. The molecule has 8 aromatic rings. The molecule has 3 heteroatoms. The topological polar surface area (TPSA) is 25.8 Å². The maximum atomic E-state index is 5.27. The Morgan fingerprint density at radius 3 is 2.14 bits per heavy atom. The second-order valence-corrected chi connectivity index (χ2v) is 10.5. The van der Waals surface area contributed by atoms with Gasteiger partial charge in [-0.05, 0) is 29.0 Å². The van der Waals surface area contributed by atoms with E-state index in [-0.39, 0.29) is 0 Å². The van der Waals surface area contributed by atoms with Gasteiger partial charge in [-0.1, -0.05) is 103 Å². The Labute approximate surface area is 217 Å². The quantitative estimate of drug-likeness (QED) is 0.226. The molecule has 0 aliphatic rings. The van der Waals surface area contributed by atoms with E-state index in [1.54, 1.807) is 0 Å². The first-order valence-electron chi connectivity index (χ1n) is 12.4. The van der Waals surface area contributed by atoms with Crippen molar-refractivity contribution in [3.8, 4) is 22.6 Å². The van der Waals surface area contributed by atoms with Crippen LogP contribution in [0.25, 0.3) is 75.3 Å². The molecule has 0 N–H and O–H groups in total. The third-order valence-corrected chi connectivity index (χ3v) is 8.40. The van der Waals surface area contributed by atoms with Gasteiger partial charge in [0.15, 0.2) is 5.82 Å². The second-order valence-electron chi connectivity index (χ2n) is 9.39. The third kappa shape index (κ3) is 3.11. The first-order chi connectivity index (χ1) is 18.3. The van der Waals surface area contributed by atoms with Crippen molar-refractivity contribution in [3.63, 3.8) is 0 Å². The van der Waals surface area contributed by atoms with Crippen LogP contribution in [0, 0.1) is 0 Å². The molecule has 172 valence electrons. The summed E-state index contributed by atoms with van der Waals surface area (Å²) in [5.74, 6) is 0.760. The molecule has 2 aromatic heterocycles. The Morgan fingerprint density at radius 2 is 1.22 bits per heavy atom. The van der Waals surface area contributed by atoms with Gasteiger partial charge in [0.1, 0.15) is 0 Å². The maximum absolute atomic E-state index is 5.27. The Morgan fingerprint density at radius 1 is 0.459 bits per heavy atom. The van der Waals surface area contributed by atoms with Crippen LogP contribution in [-0.2, 0) is 0 Å². The number of hydrogen-bond acceptors (Lipinski definition) is 3. The van der Waals surface area contributed by atoms with Crippen molar-refractivity contribution in [1.29, 1.82) is 0 Å². The molecular weight excluding hydrogens is 468 g/mol. The van der Waals surface area contributed by atoms with Crippen LogP contribution in [0.15, 0.2) is 121 Å². The van der Waals surface area contributed by atoms with Crippen molar-refractivity contribution < 1.29 is 0 Å². The first kappa shape index (κ1) is 20.6. The van der Waals surface area contributed by atoms with E-state index in [0.717, 1.165) is 38.9 Å². The number of benzene rings is 6. The molecule has 0 atom stereocenters. The van der Waals surface area contributed by atoms with Gasteiger partial charge in [0.05, 0.1) is 11.2 Å². The van der Waals surface area contributed by atoms with Crippen LogP contribution in [0.4, 0.5) is 0 Å². The van der Waals surface area contributed by atoms with Gasteiger partial charge < -0.3 is 0 Å². The van der Waals surface area contributed by atoms with Crippen LogP contribution in [0.3, 0.4) is 0 Å². The van der Waals surface area contributed by atoms with Crippen molar-refractivity contribution in [2.24, 2.45) is 0 Å². The second kappa shape index (κ2) is 7.95. The summed E-state index contributed by atoms with van der Waals surface area (Å²) in [5, 5.41) is 8.40. The van der Waals surface area contributed by atoms with E-state index < -0.39 is 0 Å². The standard InChI is InChI=1S/C34H20N2S/c1-2-10-23(11-3-1)32-27-19-17-21-9-4-5-13-24(21)33(27)36-34(35-32)26-15-8-12-22-18-20-29-31(30(22)26)25-14-6-7-16-28(25)37-29/h1-20H. The van der Waals surface area contributed by atoms with Gasteiger partial charge in [0.25, 0.3) is 0 Å². The molecule has 0 saturated heterocycles. The molecule has 8 rings (SSSR count). The average molecular weight is 489 g/mol. The summed E-state index contributed by atoms with van der Waals surface area (Å²) in [7, 11) is 0. The number of thiophene rings is 1. The highest BCUT2D eigenvalue weighted by atomic mass is 32.1. The summed E-state index contributed by atoms with van der Waals surface area (Å²) in [5.41, 5.74) is 4.11. The van der Waals surface area contributed by atoms with Crippen LogP contribution in [0.1, 0.15) is 0 Å². The molecule has 37 heavy (non-hydrogen) atoms. The summed E-state index contributed by atoms with van der Waals surface area (Å²) in [6, 6.07) is 42.9. The monoisotopic (exact) mass is 488 g/mol. The lowest BCUT2D eigenvalue weighted by atomic mass is 9.97. The van der Waals surface area contributed by atoms with Crippen molar-refractivity contribution >= 4 is 64.0 Å². The lowest BCUT2D eigenvalue weighted by molar-refractivity contribution is 1.24. The van der Waals surface area contributed by atoms with Crippen molar-refractivity contribution in [1.82, 2.24) is 9.97 Å². The van der Waals surface area contributed by atoms with Crippen LogP contribution >= 0.6 is 11.3 Å². The first-order valence-corrected chi connectivity index (χ1v) is 13.2. The molecule has 2 heterocycles. The normalized spacial score (nSPS) is 11.8. The molecular formula is C34H20N2S. The molecule has 2 nitrogen and oxygen atoms in total. The highest BCUT2D eigenvalue weighted by molar-refractivity contribution is 7.26. The van der Waals surface area contributed by atoms with Gasteiger partial charge in [-0.2, -0.15) is 0 Å². The highest BCUT2D eigenvalue weighted by Gasteiger charge is 2.18. The predicted octanol–water partition coefficient (Wildman–Crippen LogP) is 9.64. The van der Waals surface area contributed by atoms with Crippen LogP contribution in [0.5, 0.6) is 0 Å². The lowest BCUT2D eigenvalue weighted by Gasteiger charge is -2.13. The predicted molar refractivity (Wildman–Crippen MR) is 158 cm³/mol. The summed E-state index contributed by atoms with van der Waals surface area (Å²) >= 11 is 1.84. The molecule has 0 fully saturated rings. The summed E-state index contributed by atoms with van der Waals surface area (Å²) < 4.78 is 2.59. The molecule has 0 unspecified atom stereocenters. The zero-order valence-corrected chi connectivity index (χ0v) is 20.7. The molecule has 0 saturated carbocycles. The van der Waals surface area contributed by atoms with E-state index in [1.807, 2.05) is 17.4 Å². The zero-order chi connectivity index (χ0) is 24.3. The van der Waals surface area contributed by atoms with Gasteiger partial charge in [0.2, 0.25) is 0 Å². The van der Waals surface area contributed by atoms with E-state index in [9.17, 15) is 0 Å². The van der Waals surface area contributed by atoms with Crippen molar-refractivity contribution in [2.45, 2.75) is 0 Å². The van der Waals surface area contributed by atoms with E-state index in [2.05, 4.69) is 115 Å². The van der Waals surface area contributed by atoms with Gasteiger partial charge in [0, 0.05) is 47.5 Å². The smallest absolute Gasteiger partial charge is 0.161 e.